The molecule has 5 heteroatoms. The third-order valence-electron chi connectivity index (χ3n) is 3.13. The molecular formula is C9H15NO3S. The number of carbonyl (C=O) groups is 1. The van der Waals surface area contributed by atoms with Crippen molar-refractivity contribution in [3.63, 3.8) is 0 Å². The van der Waals surface area contributed by atoms with Crippen LogP contribution in [-0.4, -0.2) is 36.8 Å². The summed E-state index contributed by atoms with van der Waals surface area (Å²) in [5.41, 5.74) is 0. The molecule has 1 aliphatic heterocycles. The summed E-state index contributed by atoms with van der Waals surface area (Å²) in [7, 11) is -3.34. The summed E-state index contributed by atoms with van der Waals surface area (Å²) in [5.74, 6) is 0. The van der Waals surface area contributed by atoms with Crippen LogP contribution in [0.4, 0.5) is 0 Å². The van der Waals surface area contributed by atoms with Gasteiger partial charge in [0, 0.05) is 13.1 Å². The van der Waals surface area contributed by atoms with Gasteiger partial charge in [-0.25, -0.2) is 12.7 Å². The summed E-state index contributed by atoms with van der Waals surface area (Å²) < 4.78 is 24.5. The van der Waals surface area contributed by atoms with Crippen molar-refractivity contribution in [2.24, 2.45) is 0 Å². The zero-order chi connectivity index (χ0) is 10.2. The monoisotopic (exact) mass is 217 g/mol. The van der Waals surface area contributed by atoms with Crippen LogP contribution in [0, 0.1) is 0 Å². The smallest absolute Gasteiger partial charge is 0.226 e. The maximum Gasteiger partial charge on any atom is 0.226 e. The van der Waals surface area contributed by atoms with E-state index in [2.05, 4.69) is 0 Å². The standard InChI is InChI=1S/C9H15NO3S/c11-8-9(4-5-9)14(12,13)10-6-2-1-3-7-10/h8H,1-7H2. The SMILES string of the molecule is O=CC1(S(=O)(=O)N2CCCCC2)CC1. The van der Waals surface area contributed by atoms with Crippen molar-refractivity contribution in [3.05, 3.63) is 0 Å². The number of rotatable bonds is 3. The van der Waals surface area contributed by atoms with E-state index < -0.39 is 14.8 Å². The van der Waals surface area contributed by atoms with Gasteiger partial charge in [0.1, 0.15) is 11.0 Å². The third-order valence-corrected chi connectivity index (χ3v) is 5.70. The first kappa shape index (κ1) is 10.1. The molecule has 0 spiro atoms. The maximum absolute atomic E-state index is 12.0. The maximum atomic E-state index is 12.0. The van der Waals surface area contributed by atoms with Gasteiger partial charge in [0.15, 0.2) is 0 Å². The molecule has 2 fully saturated rings. The second-order valence-electron chi connectivity index (χ2n) is 4.15. The first-order valence-corrected chi connectivity index (χ1v) is 6.52. The van der Waals surface area contributed by atoms with Crippen LogP contribution in [-0.2, 0) is 14.8 Å². The summed E-state index contributed by atoms with van der Waals surface area (Å²) in [6.07, 6.45) is 4.59. The molecule has 0 amide bonds. The summed E-state index contributed by atoms with van der Waals surface area (Å²) in [4.78, 5) is 10.8. The molecule has 14 heavy (non-hydrogen) atoms. The van der Waals surface area contributed by atoms with Crippen molar-refractivity contribution >= 4 is 16.3 Å². The fourth-order valence-corrected chi connectivity index (χ4v) is 3.91. The Hall–Kier alpha value is -0.420. The Balaban J connectivity index is 2.19. The normalized spacial score (nSPS) is 27.1. The van der Waals surface area contributed by atoms with E-state index in [1.165, 1.54) is 4.31 Å². The van der Waals surface area contributed by atoms with Gasteiger partial charge in [-0.2, -0.15) is 0 Å². The lowest BCUT2D eigenvalue weighted by atomic mass is 10.2. The predicted octanol–water partition coefficient (Wildman–Crippen LogP) is 0.534. The first-order chi connectivity index (χ1) is 6.62. The lowest BCUT2D eigenvalue weighted by molar-refractivity contribution is -0.108. The van der Waals surface area contributed by atoms with E-state index in [1.54, 1.807) is 0 Å². The minimum atomic E-state index is -3.34. The molecule has 0 aromatic heterocycles. The highest BCUT2D eigenvalue weighted by molar-refractivity contribution is 7.91. The molecule has 0 aromatic rings. The number of sulfonamides is 1. The zero-order valence-electron chi connectivity index (χ0n) is 8.11. The number of nitrogens with zero attached hydrogens (tertiary/aromatic N) is 1. The number of piperidine rings is 1. The van der Waals surface area contributed by atoms with E-state index in [0.717, 1.165) is 19.3 Å². The average Bonchev–Trinajstić information content (AvgIpc) is 3.00. The van der Waals surface area contributed by atoms with Gasteiger partial charge in [-0.15, -0.1) is 0 Å². The molecule has 1 aliphatic carbocycles. The van der Waals surface area contributed by atoms with E-state index >= 15 is 0 Å². The van der Waals surface area contributed by atoms with E-state index in [0.29, 0.717) is 32.2 Å². The van der Waals surface area contributed by atoms with Gasteiger partial charge in [0.2, 0.25) is 10.0 Å². The molecule has 0 bridgehead atoms. The first-order valence-electron chi connectivity index (χ1n) is 5.08. The van der Waals surface area contributed by atoms with Gasteiger partial charge in [-0.05, 0) is 25.7 Å². The minimum Gasteiger partial charge on any atom is -0.302 e. The van der Waals surface area contributed by atoms with Gasteiger partial charge in [-0.3, -0.25) is 0 Å². The van der Waals surface area contributed by atoms with E-state index in [9.17, 15) is 13.2 Å². The van der Waals surface area contributed by atoms with Crippen molar-refractivity contribution in [1.29, 1.82) is 0 Å². The van der Waals surface area contributed by atoms with Crippen molar-refractivity contribution in [2.75, 3.05) is 13.1 Å². The van der Waals surface area contributed by atoms with E-state index in [1.807, 2.05) is 0 Å². The molecule has 0 unspecified atom stereocenters. The number of hydrogen-bond donors (Lipinski definition) is 0. The molecule has 0 atom stereocenters. The average molecular weight is 217 g/mol. The van der Waals surface area contributed by atoms with Crippen LogP contribution in [0.1, 0.15) is 32.1 Å². The lowest BCUT2D eigenvalue weighted by Gasteiger charge is -2.28. The Labute approximate surface area is 84.3 Å². The van der Waals surface area contributed by atoms with Crippen LogP contribution in [0.2, 0.25) is 0 Å². The number of aldehydes is 1. The van der Waals surface area contributed by atoms with Crippen LogP contribution in [0.25, 0.3) is 0 Å². The van der Waals surface area contributed by atoms with Crippen LogP contribution in [0.15, 0.2) is 0 Å². The second-order valence-corrected chi connectivity index (χ2v) is 6.43. The van der Waals surface area contributed by atoms with Gasteiger partial charge in [0.05, 0.1) is 0 Å². The summed E-state index contributed by atoms with van der Waals surface area (Å²) in [6, 6.07) is 0. The molecule has 2 rings (SSSR count). The Morgan fingerprint density at radius 2 is 1.64 bits per heavy atom. The number of hydrogen-bond acceptors (Lipinski definition) is 3. The van der Waals surface area contributed by atoms with Gasteiger partial charge in [-0.1, -0.05) is 6.42 Å². The van der Waals surface area contributed by atoms with Crippen molar-refractivity contribution in [2.45, 2.75) is 36.9 Å². The zero-order valence-corrected chi connectivity index (χ0v) is 8.92. The summed E-state index contributed by atoms with van der Waals surface area (Å²) in [6.45, 7) is 1.19. The van der Waals surface area contributed by atoms with Crippen molar-refractivity contribution in [3.8, 4) is 0 Å². The molecule has 0 radical (unpaired) electrons. The van der Waals surface area contributed by atoms with E-state index in [4.69, 9.17) is 0 Å². The quantitative estimate of drug-likeness (QED) is 0.648. The van der Waals surface area contributed by atoms with Crippen LogP contribution >= 0.6 is 0 Å². The van der Waals surface area contributed by atoms with Gasteiger partial charge < -0.3 is 4.79 Å². The van der Waals surface area contributed by atoms with Gasteiger partial charge in [0.25, 0.3) is 0 Å². The van der Waals surface area contributed by atoms with Crippen LogP contribution in [0.5, 0.6) is 0 Å². The number of carbonyl (C=O) groups excluding carboxylic acids is 1. The third kappa shape index (κ3) is 1.39. The summed E-state index contributed by atoms with van der Waals surface area (Å²) >= 11 is 0. The van der Waals surface area contributed by atoms with Gasteiger partial charge >= 0.3 is 0 Å². The van der Waals surface area contributed by atoms with Crippen molar-refractivity contribution < 1.29 is 13.2 Å². The molecule has 0 N–H and O–H groups in total. The lowest BCUT2D eigenvalue weighted by Crippen LogP contribution is -2.43. The molecule has 1 heterocycles. The molecule has 4 nitrogen and oxygen atoms in total. The highest BCUT2D eigenvalue weighted by Crippen LogP contribution is 2.43. The molecule has 80 valence electrons. The fourth-order valence-electron chi connectivity index (χ4n) is 1.92. The highest BCUT2D eigenvalue weighted by atomic mass is 32.2. The molecular weight excluding hydrogens is 202 g/mol. The Morgan fingerprint density at radius 3 is 2.07 bits per heavy atom. The molecule has 1 saturated carbocycles. The Kier molecular flexibility index (Phi) is 2.39. The largest absolute Gasteiger partial charge is 0.302 e. The van der Waals surface area contributed by atoms with Crippen LogP contribution in [0.3, 0.4) is 0 Å². The highest BCUT2D eigenvalue weighted by Gasteiger charge is 2.57. The fraction of sp³-hybridized carbons (Fsp3) is 0.889. The molecule has 1 saturated heterocycles. The topological polar surface area (TPSA) is 54.5 Å². The molecule has 2 aliphatic rings. The van der Waals surface area contributed by atoms with Crippen LogP contribution < -0.4 is 0 Å². The Bertz CT molecular complexity index is 326. The second kappa shape index (κ2) is 3.31. The Morgan fingerprint density at radius 1 is 1.07 bits per heavy atom. The van der Waals surface area contributed by atoms with Crippen molar-refractivity contribution in [1.82, 2.24) is 4.31 Å². The molecule has 0 aromatic carbocycles. The van der Waals surface area contributed by atoms with E-state index in [-0.39, 0.29) is 0 Å². The summed E-state index contributed by atoms with van der Waals surface area (Å²) in [5, 5.41) is 0. The minimum absolute atomic E-state index is 0.509. The predicted molar refractivity (Wildman–Crippen MR) is 52.4 cm³/mol.